The average Bonchev–Trinajstić information content (AvgIpc) is 2.62. The van der Waals surface area contributed by atoms with Crippen LogP contribution in [0.3, 0.4) is 0 Å². The van der Waals surface area contributed by atoms with Gasteiger partial charge in [0.15, 0.2) is 0 Å². The Morgan fingerprint density at radius 1 is 1.00 bits per heavy atom. The van der Waals surface area contributed by atoms with E-state index in [9.17, 15) is 21.9 Å². The lowest BCUT2D eigenvalue weighted by molar-refractivity contribution is 0.477. The van der Waals surface area contributed by atoms with E-state index in [0.717, 1.165) is 24.5 Å². The van der Waals surface area contributed by atoms with Gasteiger partial charge in [-0.25, -0.2) is 16.8 Å². The maximum atomic E-state index is 12.6. The molecule has 2 aromatic carbocycles. The van der Waals surface area contributed by atoms with Crippen molar-refractivity contribution in [2.45, 2.75) is 4.90 Å². The molecular weight excluding hydrogens is 420 g/mol. The maximum absolute atomic E-state index is 12.6. The van der Waals surface area contributed by atoms with Crippen molar-refractivity contribution in [1.29, 1.82) is 10.5 Å². The van der Waals surface area contributed by atoms with Crippen molar-refractivity contribution in [1.82, 2.24) is 0 Å². The van der Waals surface area contributed by atoms with E-state index >= 15 is 0 Å². The largest absolute Gasteiger partial charge is 0.506 e. The summed E-state index contributed by atoms with van der Waals surface area (Å²) in [7, 11) is -7.66. The summed E-state index contributed by atoms with van der Waals surface area (Å²) in [5.41, 5.74) is 1.83. The Bertz CT molecular complexity index is 1240. The van der Waals surface area contributed by atoms with E-state index in [4.69, 9.17) is 10.5 Å². The molecule has 29 heavy (non-hydrogen) atoms. The number of phenols is 1. The highest BCUT2D eigenvalue weighted by Gasteiger charge is 2.17. The summed E-state index contributed by atoms with van der Waals surface area (Å²) in [5.74, 6) is -0.359. The summed E-state index contributed by atoms with van der Waals surface area (Å²) in [4.78, 5) is -0.259. The Labute approximate surface area is 167 Å². The second kappa shape index (κ2) is 8.47. The minimum absolute atomic E-state index is 0.0931. The van der Waals surface area contributed by atoms with Crippen molar-refractivity contribution in [3.05, 3.63) is 42.5 Å². The monoisotopic (exact) mass is 434 g/mol. The molecule has 0 atom stereocenters. The fourth-order valence-electron chi connectivity index (χ4n) is 2.04. The van der Waals surface area contributed by atoms with Crippen LogP contribution in [0.1, 0.15) is 0 Å². The highest BCUT2D eigenvalue weighted by atomic mass is 32.2. The molecule has 0 amide bonds. The number of nitrogens with one attached hydrogen (secondary N) is 3. The molecule has 0 fully saturated rings. The van der Waals surface area contributed by atoms with Crippen LogP contribution in [0.5, 0.6) is 5.75 Å². The summed E-state index contributed by atoms with van der Waals surface area (Å²) in [6, 6.07) is 11.9. The van der Waals surface area contributed by atoms with E-state index in [1.807, 2.05) is 0 Å². The molecule has 2 aromatic rings. The Hall–Kier alpha value is -3.81. The van der Waals surface area contributed by atoms with Crippen molar-refractivity contribution >= 4 is 42.8 Å². The molecule has 0 aliphatic rings. The lowest BCUT2D eigenvalue weighted by Gasteiger charge is -2.11. The van der Waals surface area contributed by atoms with Crippen LogP contribution >= 0.6 is 0 Å². The molecule has 0 unspecified atom stereocenters. The van der Waals surface area contributed by atoms with Crippen LogP contribution in [-0.4, -0.2) is 33.9 Å². The minimum Gasteiger partial charge on any atom is -0.506 e. The SMILES string of the molecule is CS(=O)(=O)Nc1cccc(NS(=O)(=O)c2ccc(O)c(NN=C(C#N)C#N)c2)c1. The number of hydrazone groups is 1. The number of phenolic OH excluding ortho intramolecular Hbond substituents is 1. The fourth-order valence-corrected chi connectivity index (χ4v) is 3.67. The first-order chi connectivity index (χ1) is 13.5. The maximum Gasteiger partial charge on any atom is 0.261 e. The van der Waals surface area contributed by atoms with Crippen LogP contribution in [0.4, 0.5) is 17.1 Å². The molecule has 11 nitrogen and oxygen atoms in total. The van der Waals surface area contributed by atoms with E-state index in [0.29, 0.717) is 0 Å². The first kappa shape index (κ1) is 21.5. The highest BCUT2D eigenvalue weighted by Crippen LogP contribution is 2.28. The van der Waals surface area contributed by atoms with Gasteiger partial charge in [0, 0.05) is 0 Å². The Kier molecular flexibility index (Phi) is 6.28. The third-order valence-electron chi connectivity index (χ3n) is 3.20. The third kappa shape index (κ3) is 6.10. The molecule has 0 heterocycles. The van der Waals surface area contributed by atoms with Gasteiger partial charge in [0.2, 0.25) is 15.7 Å². The van der Waals surface area contributed by atoms with Crippen molar-refractivity contribution in [2.75, 3.05) is 21.1 Å². The van der Waals surface area contributed by atoms with Gasteiger partial charge in [0.05, 0.1) is 28.2 Å². The standard InChI is InChI=1S/C16H14N6O5S2/c1-28(24,25)21-11-3-2-4-12(7-11)22-29(26,27)14-5-6-16(23)15(8-14)20-19-13(9-17)10-18/h2-8,20-23H,1H3. The van der Waals surface area contributed by atoms with Crippen molar-refractivity contribution < 1.29 is 21.9 Å². The van der Waals surface area contributed by atoms with Gasteiger partial charge in [-0.05, 0) is 36.4 Å². The van der Waals surface area contributed by atoms with Crippen LogP contribution in [0.15, 0.2) is 52.5 Å². The Morgan fingerprint density at radius 2 is 1.62 bits per heavy atom. The lowest BCUT2D eigenvalue weighted by Crippen LogP contribution is -2.14. The Balaban J connectivity index is 2.32. The van der Waals surface area contributed by atoms with Gasteiger partial charge in [-0.2, -0.15) is 15.6 Å². The molecule has 0 spiro atoms. The first-order valence-electron chi connectivity index (χ1n) is 7.61. The van der Waals surface area contributed by atoms with Crippen LogP contribution in [0.2, 0.25) is 0 Å². The molecule has 0 saturated carbocycles. The molecule has 0 radical (unpaired) electrons. The van der Waals surface area contributed by atoms with E-state index in [1.165, 1.54) is 36.4 Å². The number of nitriles is 2. The molecule has 13 heteroatoms. The summed E-state index contributed by atoms with van der Waals surface area (Å²) >= 11 is 0. The van der Waals surface area contributed by atoms with Crippen molar-refractivity contribution in [2.24, 2.45) is 5.10 Å². The lowest BCUT2D eigenvalue weighted by atomic mass is 10.3. The summed E-state index contributed by atoms with van der Waals surface area (Å²) in [5, 5.41) is 30.6. The first-order valence-corrected chi connectivity index (χ1v) is 11.0. The van der Waals surface area contributed by atoms with Crippen LogP contribution in [-0.2, 0) is 20.0 Å². The third-order valence-corrected chi connectivity index (χ3v) is 5.18. The number of sulfonamides is 2. The summed E-state index contributed by atoms with van der Waals surface area (Å²) in [6.07, 6.45) is 0.960. The summed E-state index contributed by atoms with van der Waals surface area (Å²) in [6.45, 7) is 0. The molecule has 0 saturated heterocycles. The second-order valence-electron chi connectivity index (χ2n) is 5.54. The zero-order valence-electron chi connectivity index (χ0n) is 14.8. The number of aromatic hydroxyl groups is 1. The number of benzene rings is 2. The van der Waals surface area contributed by atoms with Gasteiger partial charge < -0.3 is 5.11 Å². The molecule has 0 aromatic heterocycles. The number of anilines is 3. The van der Waals surface area contributed by atoms with Gasteiger partial charge >= 0.3 is 0 Å². The van der Waals surface area contributed by atoms with Gasteiger partial charge in [-0.3, -0.25) is 14.9 Å². The van der Waals surface area contributed by atoms with Crippen molar-refractivity contribution in [3.63, 3.8) is 0 Å². The minimum atomic E-state index is -4.12. The van der Waals surface area contributed by atoms with E-state index in [-0.39, 0.29) is 27.7 Å². The molecule has 2 rings (SSSR count). The quantitative estimate of drug-likeness (QED) is 0.286. The van der Waals surface area contributed by atoms with Crippen LogP contribution in [0, 0.1) is 22.7 Å². The predicted molar refractivity (Wildman–Crippen MR) is 106 cm³/mol. The number of nitrogens with zero attached hydrogens (tertiary/aromatic N) is 3. The zero-order chi connectivity index (χ0) is 21.7. The normalized spacial score (nSPS) is 10.9. The molecule has 150 valence electrons. The molecule has 0 aliphatic heterocycles. The van der Waals surface area contributed by atoms with E-state index < -0.39 is 25.8 Å². The molecule has 4 N–H and O–H groups in total. The van der Waals surface area contributed by atoms with Gasteiger partial charge in [-0.1, -0.05) is 6.07 Å². The number of hydrogen-bond donors (Lipinski definition) is 4. The van der Waals surface area contributed by atoms with Gasteiger partial charge in [0.25, 0.3) is 10.0 Å². The smallest absolute Gasteiger partial charge is 0.261 e. The highest BCUT2D eigenvalue weighted by molar-refractivity contribution is 7.92. The van der Waals surface area contributed by atoms with Crippen LogP contribution < -0.4 is 14.9 Å². The summed E-state index contributed by atoms with van der Waals surface area (Å²) < 4.78 is 52.4. The average molecular weight is 434 g/mol. The number of hydrogen-bond acceptors (Lipinski definition) is 9. The Morgan fingerprint density at radius 3 is 2.21 bits per heavy atom. The molecule has 0 bridgehead atoms. The molecular formula is C16H14N6O5S2. The predicted octanol–water partition coefficient (Wildman–Crippen LogP) is 1.38. The van der Waals surface area contributed by atoms with E-state index in [1.54, 1.807) is 0 Å². The van der Waals surface area contributed by atoms with Crippen molar-refractivity contribution in [3.8, 4) is 17.9 Å². The zero-order valence-corrected chi connectivity index (χ0v) is 16.4. The second-order valence-corrected chi connectivity index (χ2v) is 8.97. The molecule has 0 aliphatic carbocycles. The number of rotatable bonds is 7. The fraction of sp³-hybridized carbons (Fsp3) is 0.0625. The topological polar surface area (TPSA) is 185 Å². The van der Waals surface area contributed by atoms with Crippen LogP contribution in [0.25, 0.3) is 0 Å². The van der Waals surface area contributed by atoms with Gasteiger partial charge in [-0.15, -0.1) is 0 Å². The van der Waals surface area contributed by atoms with E-state index in [2.05, 4.69) is 20.0 Å². The van der Waals surface area contributed by atoms with Gasteiger partial charge in [0.1, 0.15) is 17.9 Å².